The summed E-state index contributed by atoms with van der Waals surface area (Å²) in [6, 6.07) is 13.9. The quantitative estimate of drug-likeness (QED) is 0.392. The van der Waals surface area contributed by atoms with E-state index >= 15 is 0 Å². The maximum atomic E-state index is 12.1. The highest BCUT2D eigenvalue weighted by atomic mass is 16.5. The molecule has 1 amide bonds. The molecule has 0 atom stereocenters. The van der Waals surface area contributed by atoms with Crippen LogP contribution in [0.15, 0.2) is 61.2 Å². The molecule has 0 fully saturated rings. The lowest BCUT2D eigenvalue weighted by molar-refractivity contribution is -0.120. The van der Waals surface area contributed by atoms with Crippen LogP contribution in [0, 0.1) is 0 Å². The van der Waals surface area contributed by atoms with E-state index in [0.29, 0.717) is 13.0 Å². The number of nitrogens with one attached hydrogen (secondary N) is 1. The molecule has 0 aliphatic carbocycles. The van der Waals surface area contributed by atoms with E-state index in [1.807, 2.05) is 48.6 Å². The molecule has 1 aromatic heterocycles. The Balaban J connectivity index is 1.30. The van der Waals surface area contributed by atoms with Crippen LogP contribution in [0.4, 0.5) is 0 Å². The van der Waals surface area contributed by atoms with Gasteiger partial charge in [-0.2, -0.15) is 5.10 Å². The first kappa shape index (κ1) is 25.0. The number of methoxy groups -OCH3 is 2. The van der Waals surface area contributed by atoms with Crippen molar-refractivity contribution in [1.29, 1.82) is 0 Å². The summed E-state index contributed by atoms with van der Waals surface area (Å²) in [5.41, 5.74) is 3.19. The van der Waals surface area contributed by atoms with E-state index in [2.05, 4.69) is 33.4 Å². The van der Waals surface area contributed by atoms with Gasteiger partial charge in [0.05, 0.1) is 19.9 Å². The lowest BCUT2D eigenvalue weighted by atomic mass is 10.1. The highest BCUT2D eigenvalue weighted by Crippen LogP contribution is 2.27. The Morgan fingerprint density at radius 2 is 1.88 bits per heavy atom. The van der Waals surface area contributed by atoms with E-state index in [-0.39, 0.29) is 5.91 Å². The summed E-state index contributed by atoms with van der Waals surface area (Å²) in [6.45, 7) is 2.52. The fourth-order valence-electron chi connectivity index (χ4n) is 3.50. The van der Waals surface area contributed by atoms with Crippen LogP contribution < -0.4 is 14.8 Å². The van der Waals surface area contributed by atoms with Gasteiger partial charge in [0.1, 0.15) is 12.7 Å². The Kier molecular flexibility index (Phi) is 9.66. The average Bonchev–Trinajstić information content (AvgIpc) is 3.40. The molecule has 34 heavy (non-hydrogen) atoms. The van der Waals surface area contributed by atoms with Gasteiger partial charge in [-0.3, -0.25) is 4.79 Å². The molecule has 0 saturated heterocycles. The van der Waals surface area contributed by atoms with Crippen molar-refractivity contribution in [3.63, 3.8) is 0 Å². The zero-order valence-corrected chi connectivity index (χ0v) is 20.1. The lowest BCUT2D eigenvalue weighted by Crippen LogP contribution is -2.28. The number of rotatable bonds is 13. The van der Waals surface area contributed by atoms with Crippen LogP contribution in [0.5, 0.6) is 11.5 Å². The van der Waals surface area contributed by atoms with Gasteiger partial charge in [-0.05, 0) is 61.8 Å². The van der Waals surface area contributed by atoms with Crippen LogP contribution in [0.3, 0.4) is 0 Å². The van der Waals surface area contributed by atoms with E-state index in [1.54, 1.807) is 25.2 Å². The highest BCUT2D eigenvalue weighted by molar-refractivity contribution is 5.78. The van der Waals surface area contributed by atoms with Crippen molar-refractivity contribution in [2.24, 2.45) is 0 Å². The Hall–Kier alpha value is -3.65. The second-order valence-electron chi connectivity index (χ2n) is 7.98. The van der Waals surface area contributed by atoms with Gasteiger partial charge in [-0.1, -0.05) is 30.4 Å². The molecule has 1 N–H and O–H groups in total. The topological polar surface area (TPSA) is 81.5 Å². The molecule has 0 spiro atoms. The Labute approximate surface area is 201 Å². The zero-order chi connectivity index (χ0) is 24.2. The first-order chi connectivity index (χ1) is 16.6. The maximum Gasteiger partial charge on any atom is 0.223 e. The van der Waals surface area contributed by atoms with Crippen molar-refractivity contribution >= 4 is 12.0 Å². The van der Waals surface area contributed by atoms with Crippen molar-refractivity contribution in [2.45, 2.75) is 19.3 Å². The Bertz CT molecular complexity index is 1050. The summed E-state index contributed by atoms with van der Waals surface area (Å²) in [6.07, 6.45) is 9.19. The van der Waals surface area contributed by atoms with E-state index in [0.717, 1.165) is 48.7 Å². The Morgan fingerprint density at radius 3 is 2.59 bits per heavy atom. The minimum absolute atomic E-state index is 0.0310. The fourth-order valence-corrected chi connectivity index (χ4v) is 3.50. The summed E-state index contributed by atoms with van der Waals surface area (Å²) >= 11 is 0. The third kappa shape index (κ3) is 7.74. The van der Waals surface area contributed by atoms with E-state index in [4.69, 9.17) is 9.47 Å². The van der Waals surface area contributed by atoms with Gasteiger partial charge in [0.25, 0.3) is 0 Å². The predicted molar refractivity (Wildman–Crippen MR) is 133 cm³/mol. The van der Waals surface area contributed by atoms with Gasteiger partial charge < -0.3 is 19.7 Å². The van der Waals surface area contributed by atoms with Gasteiger partial charge in [0, 0.05) is 19.5 Å². The van der Waals surface area contributed by atoms with E-state index in [9.17, 15) is 4.79 Å². The molecule has 3 rings (SSSR count). The number of ether oxygens (including phenoxy) is 2. The van der Waals surface area contributed by atoms with Gasteiger partial charge >= 0.3 is 0 Å². The first-order valence-corrected chi connectivity index (χ1v) is 11.4. The molecular weight excluding hydrogens is 430 g/mol. The summed E-state index contributed by atoms with van der Waals surface area (Å²) in [5, 5.41) is 7.09. The molecule has 1 heterocycles. The molecule has 180 valence electrons. The number of likely N-dealkylation sites (N-methyl/N-ethyl adjacent to an activating group) is 1. The smallest absolute Gasteiger partial charge is 0.223 e. The number of benzene rings is 2. The molecule has 2 aromatic carbocycles. The van der Waals surface area contributed by atoms with Crippen molar-refractivity contribution in [3.05, 3.63) is 72.3 Å². The van der Waals surface area contributed by atoms with Crippen LogP contribution in [0.2, 0.25) is 0 Å². The molecule has 0 saturated carbocycles. The molecular formula is C26H33N5O3. The van der Waals surface area contributed by atoms with Crippen molar-refractivity contribution in [3.8, 4) is 17.2 Å². The average molecular weight is 464 g/mol. The Morgan fingerprint density at radius 1 is 1.09 bits per heavy atom. The lowest BCUT2D eigenvalue weighted by Gasteiger charge is -2.17. The SMILES string of the molecule is COc1ccc(CCN(C)CCCNC(=O)C/C=C/c2ccc(-n3cncn3)cc2)cc1OC. The van der Waals surface area contributed by atoms with Gasteiger partial charge in [0.2, 0.25) is 5.91 Å². The van der Waals surface area contributed by atoms with Crippen LogP contribution in [0.1, 0.15) is 24.0 Å². The maximum absolute atomic E-state index is 12.1. The van der Waals surface area contributed by atoms with Gasteiger partial charge in [-0.25, -0.2) is 9.67 Å². The summed E-state index contributed by atoms with van der Waals surface area (Å²) in [4.78, 5) is 18.3. The van der Waals surface area contributed by atoms with Gasteiger partial charge in [0.15, 0.2) is 11.5 Å². The number of carbonyl (C=O) groups excluding carboxylic acids is 1. The monoisotopic (exact) mass is 463 g/mol. The largest absolute Gasteiger partial charge is 0.493 e. The highest BCUT2D eigenvalue weighted by Gasteiger charge is 2.06. The number of aromatic nitrogens is 3. The standard InChI is InChI=1S/C26H33N5O3/c1-30(17-14-22-10-13-24(33-2)25(18-22)34-3)16-5-15-28-26(32)7-4-6-21-8-11-23(12-9-21)31-20-27-19-29-31/h4,6,8-13,18-20H,5,7,14-17H2,1-3H3,(H,28,32)/b6-4+. The van der Waals surface area contributed by atoms with Crippen molar-refractivity contribution in [1.82, 2.24) is 25.0 Å². The predicted octanol–water partition coefficient (Wildman–Crippen LogP) is 3.37. The molecule has 0 bridgehead atoms. The number of hydrogen-bond donors (Lipinski definition) is 1. The first-order valence-electron chi connectivity index (χ1n) is 11.4. The van der Waals surface area contributed by atoms with Crippen LogP contribution in [0.25, 0.3) is 11.8 Å². The minimum Gasteiger partial charge on any atom is -0.493 e. The molecule has 0 unspecified atom stereocenters. The number of hydrogen-bond acceptors (Lipinski definition) is 6. The van der Waals surface area contributed by atoms with Crippen molar-refractivity contribution < 1.29 is 14.3 Å². The van der Waals surface area contributed by atoms with Crippen LogP contribution >= 0.6 is 0 Å². The number of nitrogens with zero attached hydrogens (tertiary/aromatic N) is 4. The summed E-state index contributed by atoms with van der Waals surface area (Å²) < 4.78 is 12.4. The zero-order valence-electron chi connectivity index (χ0n) is 20.1. The van der Waals surface area contributed by atoms with Crippen LogP contribution in [-0.4, -0.2) is 66.5 Å². The molecule has 0 aliphatic heterocycles. The third-order valence-corrected chi connectivity index (χ3v) is 5.46. The molecule has 0 aliphatic rings. The second-order valence-corrected chi connectivity index (χ2v) is 7.98. The third-order valence-electron chi connectivity index (χ3n) is 5.46. The number of carbonyl (C=O) groups is 1. The number of amides is 1. The van der Waals surface area contributed by atoms with Crippen LogP contribution in [-0.2, 0) is 11.2 Å². The molecule has 8 heteroatoms. The fraction of sp³-hybridized carbons (Fsp3) is 0.346. The second kappa shape index (κ2) is 13.2. The molecule has 0 radical (unpaired) electrons. The van der Waals surface area contributed by atoms with Gasteiger partial charge in [-0.15, -0.1) is 0 Å². The van der Waals surface area contributed by atoms with E-state index in [1.165, 1.54) is 11.9 Å². The molecule has 3 aromatic rings. The minimum atomic E-state index is 0.0310. The summed E-state index contributed by atoms with van der Waals surface area (Å²) in [5.74, 6) is 1.53. The van der Waals surface area contributed by atoms with Crippen molar-refractivity contribution in [2.75, 3.05) is 40.9 Å². The normalized spacial score (nSPS) is 11.2. The summed E-state index contributed by atoms with van der Waals surface area (Å²) in [7, 11) is 5.39. The molecule has 8 nitrogen and oxygen atoms in total. The van der Waals surface area contributed by atoms with E-state index < -0.39 is 0 Å².